The van der Waals surface area contributed by atoms with Crippen molar-refractivity contribution in [3.8, 4) is 0 Å². The summed E-state index contributed by atoms with van der Waals surface area (Å²) in [6.45, 7) is 2.02. The molecule has 0 aliphatic carbocycles. The van der Waals surface area contributed by atoms with Crippen LogP contribution in [0, 0.1) is 12.7 Å². The number of fused-ring (bicyclic) bond motifs is 1. The van der Waals surface area contributed by atoms with Crippen LogP contribution in [0.1, 0.15) is 21.2 Å². The van der Waals surface area contributed by atoms with E-state index < -0.39 is 11.7 Å². The van der Waals surface area contributed by atoms with Crippen molar-refractivity contribution in [1.29, 1.82) is 0 Å². The molecule has 0 bridgehead atoms. The molecule has 114 valence electrons. The molecule has 0 spiro atoms. The Kier molecular flexibility index (Phi) is 3.82. The third kappa shape index (κ3) is 2.68. The molecule has 0 unspecified atom stereocenters. The van der Waals surface area contributed by atoms with Crippen molar-refractivity contribution in [2.24, 2.45) is 0 Å². The highest BCUT2D eigenvalue weighted by Crippen LogP contribution is 2.19. The van der Waals surface area contributed by atoms with Crippen LogP contribution in [-0.4, -0.2) is 32.6 Å². The lowest BCUT2D eigenvalue weighted by atomic mass is 10.3. The topological polar surface area (TPSA) is 81.4 Å². The Morgan fingerprint density at radius 2 is 2.27 bits per heavy atom. The average Bonchev–Trinajstić information content (AvgIpc) is 3.02. The van der Waals surface area contributed by atoms with Crippen molar-refractivity contribution in [3.05, 3.63) is 40.5 Å². The molecule has 0 atom stereocenters. The van der Waals surface area contributed by atoms with Gasteiger partial charge in [-0.05, 0) is 19.1 Å². The zero-order chi connectivity index (χ0) is 15.7. The van der Waals surface area contributed by atoms with E-state index in [-0.39, 0.29) is 5.69 Å². The lowest BCUT2D eigenvalue weighted by Crippen LogP contribution is -2.15. The average molecular weight is 321 g/mol. The lowest BCUT2D eigenvalue weighted by molar-refractivity contribution is 0.102. The number of nitrogens with one attached hydrogen (secondary N) is 1. The van der Waals surface area contributed by atoms with Gasteiger partial charge in [0.2, 0.25) is 5.13 Å². The van der Waals surface area contributed by atoms with E-state index in [4.69, 9.17) is 4.74 Å². The fourth-order valence-electron chi connectivity index (χ4n) is 2.05. The van der Waals surface area contributed by atoms with Crippen LogP contribution in [0.3, 0.4) is 0 Å². The monoisotopic (exact) mass is 321 g/mol. The standard InChI is InChI=1S/C13H12FN5O2S/c1-7-11(19-5-8(14)3-4-9(19)15-7)12(20)16-13-18-17-10(22-13)6-21-2/h3-5H,6H2,1-2H3,(H,16,18,20). The molecule has 1 amide bonds. The van der Waals surface area contributed by atoms with Crippen LogP contribution in [-0.2, 0) is 11.3 Å². The van der Waals surface area contributed by atoms with E-state index in [1.165, 1.54) is 34.1 Å². The maximum atomic E-state index is 13.4. The van der Waals surface area contributed by atoms with E-state index >= 15 is 0 Å². The Labute approximate surface area is 128 Å². The molecule has 22 heavy (non-hydrogen) atoms. The molecule has 9 heteroatoms. The fourth-order valence-corrected chi connectivity index (χ4v) is 2.76. The number of nitrogens with zero attached hydrogens (tertiary/aromatic N) is 4. The Bertz CT molecular complexity index is 844. The van der Waals surface area contributed by atoms with Crippen molar-refractivity contribution < 1.29 is 13.9 Å². The van der Waals surface area contributed by atoms with E-state index in [0.717, 1.165) is 0 Å². The molecule has 0 radical (unpaired) electrons. The van der Waals surface area contributed by atoms with E-state index in [2.05, 4.69) is 20.5 Å². The van der Waals surface area contributed by atoms with Crippen LogP contribution in [0.15, 0.2) is 18.3 Å². The normalized spacial score (nSPS) is 11.0. The van der Waals surface area contributed by atoms with Gasteiger partial charge < -0.3 is 4.74 Å². The van der Waals surface area contributed by atoms with Crippen LogP contribution >= 0.6 is 11.3 Å². The van der Waals surface area contributed by atoms with E-state index in [9.17, 15) is 9.18 Å². The molecule has 1 N–H and O–H groups in total. The molecule has 0 fully saturated rings. The summed E-state index contributed by atoms with van der Waals surface area (Å²) in [6, 6.07) is 2.81. The number of rotatable bonds is 4. The SMILES string of the molecule is COCc1nnc(NC(=O)c2c(C)nc3ccc(F)cn23)s1. The summed E-state index contributed by atoms with van der Waals surface area (Å²) in [4.78, 5) is 16.6. The number of pyridine rings is 1. The summed E-state index contributed by atoms with van der Waals surface area (Å²) in [5.74, 6) is -0.868. The summed E-state index contributed by atoms with van der Waals surface area (Å²) < 4.78 is 19.8. The maximum absolute atomic E-state index is 13.4. The third-order valence-corrected chi connectivity index (χ3v) is 3.74. The first-order valence-corrected chi connectivity index (χ1v) is 7.17. The summed E-state index contributed by atoms with van der Waals surface area (Å²) >= 11 is 1.21. The molecular weight excluding hydrogens is 309 g/mol. The molecule has 0 saturated carbocycles. The molecule has 3 heterocycles. The van der Waals surface area contributed by atoms with Gasteiger partial charge in [-0.3, -0.25) is 14.5 Å². The molecule has 3 rings (SSSR count). The minimum atomic E-state index is -0.447. The number of carbonyl (C=O) groups excluding carboxylic acids is 1. The molecular formula is C13H12FN5O2S. The summed E-state index contributed by atoms with van der Waals surface area (Å²) in [7, 11) is 1.55. The first-order chi connectivity index (χ1) is 10.6. The Hall–Kier alpha value is -2.39. The summed E-state index contributed by atoms with van der Waals surface area (Å²) in [5.41, 5.74) is 1.27. The van der Waals surface area contributed by atoms with E-state index in [1.807, 2.05) is 0 Å². The fraction of sp³-hybridized carbons (Fsp3) is 0.231. The lowest BCUT2D eigenvalue weighted by Gasteiger charge is -2.02. The number of aryl methyl sites for hydroxylation is 1. The number of amides is 1. The molecule has 0 aliphatic rings. The van der Waals surface area contributed by atoms with Crippen LogP contribution in [0.2, 0.25) is 0 Å². The van der Waals surface area contributed by atoms with Gasteiger partial charge in [0, 0.05) is 13.3 Å². The molecule has 0 saturated heterocycles. The number of methoxy groups -OCH3 is 1. The van der Waals surface area contributed by atoms with Crippen molar-refractivity contribution in [2.75, 3.05) is 12.4 Å². The van der Waals surface area contributed by atoms with Gasteiger partial charge in [0.1, 0.15) is 28.8 Å². The third-order valence-electron chi connectivity index (χ3n) is 2.93. The van der Waals surface area contributed by atoms with Crippen molar-refractivity contribution >= 4 is 28.0 Å². The van der Waals surface area contributed by atoms with Gasteiger partial charge in [-0.25, -0.2) is 9.37 Å². The number of carbonyl (C=O) groups is 1. The van der Waals surface area contributed by atoms with Gasteiger partial charge in [0.05, 0.1) is 5.69 Å². The highest BCUT2D eigenvalue weighted by Gasteiger charge is 2.18. The van der Waals surface area contributed by atoms with Gasteiger partial charge in [0.25, 0.3) is 5.91 Å². The second-order valence-electron chi connectivity index (χ2n) is 4.51. The predicted molar refractivity (Wildman–Crippen MR) is 78.5 cm³/mol. The highest BCUT2D eigenvalue weighted by molar-refractivity contribution is 7.15. The van der Waals surface area contributed by atoms with Crippen molar-refractivity contribution in [3.63, 3.8) is 0 Å². The Morgan fingerprint density at radius 3 is 3.05 bits per heavy atom. The number of ether oxygens (including phenoxy) is 1. The zero-order valence-corrected chi connectivity index (χ0v) is 12.6. The summed E-state index contributed by atoms with van der Waals surface area (Å²) in [5, 5.41) is 11.4. The minimum Gasteiger partial charge on any atom is -0.377 e. The minimum absolute atomic E-state index is 0.262. The Morgan fingerprint density at radius 1 is 1.45 bits per heavy atom. The van der Waals surface area contributed by atoms with Gasteiger partial charge in [-0.1, -0.05) is 11.3 Å². The number of anilines is 1. The van der Waals surface area contributed by atoms with E-state index in [1.54, 1.807) is 14.0 Å². The van der Waals surface area contributed by atoms with Gasteiger partial charge in [-0.15, -0.1) is 10.2 Å². The van der Waals surface area contributed by atoms with Crippen LogP contribution in [0.5, 0.6) is 0 Å². The molecule has 7 nitrogen and oxygen atoms in total. The Balaban J connectivity index is 1.91. The molecule has 3 aromatic rings. The largest absolute Gasteiger partial charge is 0.377 e. The highest BCUT2D eigenvalue weighted by atomic mass is 32.1. The zero-order valence-electron chi connectivity index (χ0n) is 11.8. The van der Waals surface area contributed by atoms with Crippen LogP contribution in [0.25, 0.3) is 5.65 Å². The first kappa shape index (κ1) is 14.5. The number of halogens is 1. The smallest absolute Gasteiger partial charge is 0.276 e. The van der Waals surface area contributed by atoms with Gasteiger partial charge in [0.15, 0.2) is 0 Å². The number of hydrogen-bond donors (Lipinski definition) is 1. The second-order valence-corrected chi connectivity index (χ2v) is 5.57. The van der Waals surface area contributed by atoms with Crippen LogP contribution in [0.4, 0.5) is 9.52 Å². The molecule has 3 aromatic heterocycles. The van der Waals surface area contributed by atoms with Crippen LogP contribution < -0.4 is 5.32 Å². The maximum Gasteiger partial charge on any atom is 0.276 e. The predicted octanol–water partition coefficient (Wildman–Crippen LogP) is 2.03. The second kappa shape index (κ2) is 5.78. The number of hydrogen-bond acceptors (Lipinski definition) is 6. The van der Waals surface area contributed by atoms with Gasteiger partial charge in [-0.2, -0.15) is 0 Å². The molecule has 0 aliphatic heterocycles. The van der Waals surface area contributed by atoms with Gasteiger partial charge >= 0.3 is 0 Å². The molecule has 0 aromatic carbocycles. The van der Waals surface area contributed by atoms with Crippen molar-refractivity contribution in [1.82, 2.24) is 19.6 Å². The quantitative estimate of drug-likeness (QED) is 0.795. The van der Waals surface area contributed by atoms with E-state index in [0.29, 0.717) is 28.1 Å². The van der Waals surface area contributed by atoms with Crippen molar-refractivity contribution in [2.45, 2.75) is 13.5 Å². The summed E-state index contributed by atoms with van der Waals surface area (Å²) in [6.07, 6.45) is 1.22. The number of imidazole rings is 1. The first-order valence-electron chi connectivity index (χ1n) is 6.35. The number of aromatic nitrogens is 4.